The summed E-state index contributed by atoms with van der Waals surface area (Å²) in [5.74, 6) is -1.13. The Bertz CT molecular complexity index is 333. The molecule has 2 aliphatic rings. The zero-order chi connectivity index (χ0) is 12.6. The molecular formula is C11H18N2O4. The van der Waals surface area contributed by atoms with Gasteiger partial charge in [-0.1, -0.05) is 6.92 Å². The van der Waals surface area contributed by atoms with Crippen molar-refractivity contribution in [2.24, 2.45) is 11.8 Å². The van der Waals surface area contributed by atoms with Crippen LogP contribution in [0.25, 0.3) is 0 Å². The van der Waals surface area contributed by atoms with Crippen LogP contribution in [0.4, 0.5) is 0 Å². The van der Waals surface area contributed by atoms with Crippen LogP contribution < -0.4 is 5.32 Å². The van der Waals surface area contributed by atoms with E-state index in [1.54, 1.807) is 0 Å². The van der Waals surface area contributed by atoms with Gasteiger partial charge in [0, 0.05) is 19.5 Å². The van der Waals surface area contributed by atoms with Gasteiger partial charge in [0.05, 0.1) is 12.0 Å². The minimum Gasteiger partial charge on any atom is -0.480 e. The fourth-order valence-corrected chi connectivity index (χ4v) is 2.65. The highest BCUT2D eigenvalue weighted by molar-refractivity contribution is 5.86. The van der Waals surface area contributed by atoms with Gasteiger partial charge in [-0.25, -0.2) is 4.79 Å². The van der Waals surface area contributed by atoms with Crippen molar-refractivity contribution in [3.05, 3.63) is 0 Å². The number of likely N-dealkylation sites (tertiary alicyclic amines) is 1. The Balaban J connectivity index is 2.10. The van der Waals surface area contributed by atoms with E-state index >= 15 is 0 Å². The van der Waals surface area contributed by atoms with Gasteiger partial charge in [0.15, 0.2) is 0 Å². The van der Waals surface area contributed by atoms with Crippen molar-refractivity contribution in [2.45, 2.75) is 25.5 Å². The molecule has 0 bridgehead atoms. The van der Waals surface area contributed by atoms with Crippen molar-refractivity contribution >= 4 is 11.9 Å². The molecule has 0 aromatic heterocycles. The van der Waals surface area contributed by atoms with Gasteiger partial charge in [0.25, 0.3) is 0 Å². The normalized spacial score (nSPS) is 37.4. The van der Waals surface area contributed by atoms with Gasteiger partial charge in [-0.15, -0.1) is 0 Å². The average molecular weight is 242 g/mol. The first-order valence-electron chi connectivity index (χ1n) is 5.92. The number of aliphatic hydroxyl groups is 1. The Kier molecular flexibility index (Phi) is 3.35. The molecule has 2 fully saturated rings. The predicted octanol–water partition coefficient (Wildman–Crippen LogP) is -1.11. The van der Waals surface area contributed by atoms with E-state index in [4.69, 9.17) is 5.11 Å². The quantitative estimate of drug-likeness (QED) is 0.571. The van der Waals surface area contributed by atoms with E-state index in [2.05, 4.69) is 5.32 Å². The second kappa shape index (κ2) is 4.62. The Labute approximate surface area is 99.6 Å². The van der Waals surface area contributed by atoms with Crippen molar-refractivity contribution in [1.29, 1.82) is 0 Å². The van der Waals surface area contributed by atoms with Crippen molar-refractivity contribution < 1.29 is 19.8 Å². The number of rotatable bonds is 2. The highest BCUT2D eigenvalue weighted by Crippen LogP contribution is 2.25. The summed E-state index contributed by atoms with van der Waals surface area (Å²) < 4.78 is 0. The smallest absolute Gasteiger partial charge is 0.326 e. The van der Waals surface area contributed by atoms with Crippen LogP contribution >= 0.6 is 0 Å². The zero-order valence-corrected chi connectivity index (χ0v) is 9.80. The topological polar surface area (TPSA) is 89.9 Å². The summed E-state index contributed by atoms with van der Waals surface area (Å²) in [5, 5.41) is 21.7. The second-order valence-electron chi connectivity index (χ2n) is 4.98. The molecule has 6 heteroatoms. The summed E-state index contributed by atoms with van der Waals surface area (Å²) in [7, 11) is 0. The monoisotopic (exact) mass is 242 g/mol. The number of aliphatic carboxylic acids is 1. The maximum atomic E-state index is 12.2. The summed E-state index contributed by atoms with van der Waals surface area (Å²) in [6, 6.07) is -0.870. The lowest BCUT2D eigenvalue weighted by Crippen LogP contribution is -2.45. The fourth-order valence-electron chi connectivity index (χ4n) is 2.65. The first-order chi connectivity index (χ1) is 8.00. The molecule has 0 aromatic carbocycles. The van der Waals surface area contributed by atoms with Gasteiger partial charge >= 0.3 is 5.97 Å². The molecular weight excluding hydrogens is 224 g/mol. The molecule has 0 aliphatic carbocycles. The Morgan fingerprint density at radius 1 is 1.35 bits per heavy atom. The number of nitrogens with zero attached hydrogens (tertiary/aromatic N) is 1. The summed E-state index contributed by atoms with van der Waals surface area (Å²) >= 11 is 0. The van der Waals surface area contributed by atoms with Crippen LogP contribution in [0.5, 0.6) is 0 Å². The number of amides is 1. The molecule has 2 aliphatic heterocycles. The lowest BCUT2D eigenvalue weighted by atomic mass is 9.96. The third-order valence-electron chi connectivity index (χ3n) is 3.68. The molecule has 0 spiro atoms. The second-order valence-corrected chi connectivity index (χ2v) is 4.98. The molecule has 0 radical (unpaired) electrons. The molecule has 2 heterocycles. The molecule has 6 nitrogen and oxygen atoms in total. The predicted molar refractivity (Wildman–Crippen MR) is 59.3 cm³/mol. The van der Waals surface area contributed by atoms with Crippen molar-refractivity contribution in [3.63, 3.8) is 0 Å². The number of carboxylic acid groups (broad SMARTS) is 1. The summed E-state index contributed by atoms with van der Waals surface area (Å²) in [5.41, 5.74) is 0. The van der Waals surface area contributed by atoms with Gasteiger partial charge in [-0.3, -0.25) is 4.79 Å². The zero-order valence-electron chi connectivity index (χ0n) is 9.80. The molecule has 3 N–H and O–H groups in total. The number of nitrogens with one attached hydrogen (secondary N) is 1. The lowest BCUT2D eigenvalue weighted by Gasteiger charge is -2.25. The molecule has 4 atom stereocenters. The number of hydrogen-bond acceptors (Lipinski definition) is 4. The Hall–Kier alpha value is -1.14. The Morgan fingerprint density at radius 3 is 2.59 bits per heavy atom. The van der Waals surface area contributed by atoms with Crippen LogP contribution in [0.2, 0.25) is 0 Å². The largest absolute Gasteiger partial charge is 0.480 e. The number of carbonyl (C=O) groups is 2. The maximum Gasteiger partial charge on any atom is 0.326 e. The minimum absolute atomic E-state index is 0.135. The van der Waals surface area contributed by atoms with E-state index in [0.29, 0.717) is 6.54 Å². The van der Waals surface area contributed by atoms with Gasteiger partial charge in [-0.05, 0) is 12.5 Å². The summed E-state index contributed by atoms with van der Waals surface area (Å²) in [6.45, 7) is 3.49. The number of carbonyl (C=O) groups excluding carboxylic acids is 1. The van der Waals surface area contributed by atoms with Crippen molar-refractivity contribution in [1.82, 2.24) is 10.2 Å². The van der Waals surface area contributed by atoms with E-state index in [-0.39, 0.29) is 30.7 Å². The maximum absolute atomic E-state index is 12.2. The number of carboxylic acids is 1. The van der Waals surface area contributed by atoms with Gasteiger partial charge in [0.2, 0.25) is 5.91 Å². The van der Waals surface area contributed by atoms with E-state index in [0.717, 1.165) is 6.54 Å². The number of hydrogen-bond donors (Lipinski definition) is 3. The first-order valence-corrected chi connectivity index (χ1v) is 5.92. The van der Waals surface area contributed by atoms with Crippen LogP contribution in [-0.4, -0.2) is 58.8 Å². The third-order valence-corrected chi connectivity index (χ3v) is 3.68. The van der Waals surface area contributed by atoms with Gasteiger partial charge in [0.1, 0.15) is 6.04 Å². The highest BCUT2D eigenvalue weighted by atomic mass is 16.4. The molecule has 0 saturated carbocycles. The molecule has 3 unspecified atom stereocenters. The highest BCUT2D eigenvalue weighted by Gasteiger charge is 2.43. The van der Waals surface area contributed by atoms with E-state index in [1.807, 2.05) is 6.92 Å². The summed E-state index contributed by atoms with van der Waals surface area (Å²) in [4.78, 5) is 24.6. The van der Waals surface area contributed by atoms with Crippen LogP contribution in [0, 0.1) is 11.8 Å². The van der Waals surface area contributed by atoms with Crippen LogP contribution in [0.1, 0.15) is 13.3 Å². The number of β-amino-alcohol motifs (C(OH)–C–C–N with tert-alkyl or cyclic N) is 1. The van der Waals surface area contributed by atoms with E-state index in [1.165, 1.54) is 4.90 Å². The summed E-state index contributed by atoms with van der Waals surface area (Å²) in [6.07, 6.45) is -0.583. The van der Waals surface area contributed by atoms with Crippen LogP contribution in [-0.2, 0) is 9.59 Å². The van der Waals surface area contributed by atoms with Gasteiger partial charge in [-0.2, -0.15) is 0 Å². The van der Waals surface area contributed by atoms with E-state index < -0.39 is 18.1 Å². The average Bonchev–Trinajstić information content (AvgIpc) is 2.83. The minimum atomic E-state index is -1.03. The van der Waals surface area contributed by atoms with Crippen LogP contribution in [0.3, 0.4) is 0 Å². The number of aliphatic hydroxyl groups excluding tert-OH is 1. The molecule has 2 saturated heterocycles. The lowest BCUT2D eigenvalue weighted by molar-refractivity contribution is -0.150. The SMILES string of the molecule is CC1CNCC1C(=O)N1CC(O)C[C@H]1C(=O)O. The standard InChI is InChI=1S/C11H18N2O4/c1-6-3-12-4-8(6)10(15)13-5-7(14)2-9(13)11(16)17/h6-9,12,14H,2-5H2,1H3,(H,16,17)/t6?,7?,8?,9-/m0/s1. The molecule has 17 heavy (non-hydrogen) atoms. The van der Waals surface area contributed by atoms with Crippen molar-refractivity contribution in [2.75, 3.05) is 19.6 Å². The molecule has 96 valence electrons. The first kappa shape index (κ1) is 12.3. The molecule has 1 amide bonds. The molecule has 0 aromatic rings. The van der Waals surface area contributed by atoms with E-state index in [9.17, 15) is 14.7 Å². The van der Waals surface area contributed by atoms with Gasteiger partial charge < -0.3 is 20.4 Å². The van der Waals surface area contributed by atoms with Crippen molar-refractivity contribution in [3.8, 4) is 0 Å². The van der Waals surface area contributed by atoms with Crippen LogP contribution in [0.15, 0.2) is 0 Å². The fraction of sp³-hybridized carbons (Fsp3) is 0.818. The molecule has 2 rings (SSSR count). The Morgan fingerprint density at radius 2 is 2.06 bits per heavy atom. The third kappa shape index (κ3) is 2.28.